The standard InChI is InChI=1S/C24H26N2O3/c1-14-6-9-18-22(2,3)19(26-28-5)10-11-24(18)23(14,4)12-15-7-8-16-17(20(15)29-24)13-25-21(16)27/h6-11H,12-13H2,1-5H3,(H,25,27). The van der Waals surface area contributed by atoms with Gasteiger partial charge < -0.3 is 14.9 Å². The fourth-order valence-corrected chi connectivity index (χ4v) is 5.45. The minimum Gasteiger partial charge on any atom is -0.477 e. The molecule has 2 atom stereocenters. The topological polar surface area (TPSA) is 59.9 Å². The number of carbonyl (C=O) groups excluding carboxylic acids is 1. The molecule has 5 rings (SSSR count). The van der Waals surface area contributed by atoms with E-state index in [0.717, 1.165) is 40.1 Å². The van der Waals surface area contributed by atoms with Crippen LogP contribution in [0.4, 0.5) is 0 Å². The lowest BCUT2D eigenvalue weighted by Crippen LogP contribution is -2.61. The van der Waals surface area contributed by atoms with Gasteiger partial charge in [-0.3, -0.25) is 4.79 Å². The minimum atomic E-state index is -0.629. The Kier molecular flexibility index (Phi) is 3.53. The van der Waals surface area contributed by atoms with E-state index in [4.69, 9.17) is 9.57 Å². The average molecular weight is 390 g/mol. The summed E-state index contributed by atoms with van der Waals surface area (Å²) in [5.41, 5.74) is 4.95. The van der Waals surface area contributed by atoms with Crippen LogP contribution in [-0.4, -0.2) is 24.3 Å². The van der Waals surface area contributed by atoms with Crippen molar-refractivity contribution < 1.29 is 14.4 Å². The first-order valence-corrected chi connectivity index (χ1v) is 10.1. The number of fused-ring (bicyclic) bond motifs is 3. The first kappa shape index (κ1) is 18.2. The highest BCUT2D eigenvalue weighted by atomic mass is 16.6. The highest BCUT2D eigenvalue weighted by Gasteiger charge is 2.61. The van der Waals surface area contributed by atoms with Gasteiger partial charge in [0.1, 0.15) is 12.9 Å². The lowest BCUT2D eigenvalue weighted by molar-refractivity contribution is 0.00996. The second-order valence-corrected chi connectivity index (χ2v) is 9.16. The molecule has 29 heavy (non-hydrogen) atoms. The number of allylic oxidation sites excluding steroid dienone is 3. The van der Waals surface area contributed by atoms with Crippen molar-refractivity contribution in [3.8, 4) is 5.75 Å². The Bertz CT molecular complexity index is 1080. The second-order valence-electron chi connectivity index (χ2n) is 9.16. The number of nitrogens with zero attached hydrogens (tertiary/aromatic N) is 1. The first-order chi connectivity index (χ1) is 13.7. The predicted molar refractivity (Wildman–Crippen MR) is 112 cm³/mol. The highest BCUT2D eigenvalue weighted by Crippen LogP contribution is 2.60. The molecule has 0 bridgehead atoms. The first-order valence-electron chi connectivity index (χ1n) is 10.1. The summed E-state index contributed by atoms with van der Waals surface area (Å²) in [6, 6.07) is 3.99. The van der Waals surface area contributed by atoms with Gasteiger partial charge in [0.25, 0.3) is 5.91 Å². The molecule has 0 fully saturated rings. The van der Waals surface area contributed by atoms with Crippen LogP contribution in [-0.2, 0) is 17.8 Å². The van der Waals surface area contributed by atoms with Gasteiger partial charge in [-0.15, -0.1) is 0 Å². The molecule has 1 aromatic rings. The fourth-order valence-electron chi connectivity index (χ4n) is 5.45. The van der Waals surface area contributed by atoms with E-state index in [0.29, 0.717) is 6.54 Å². The second kappa shape index (κ2) is 5.62. The quantitative estimate of drug-likeness (QED) is 0.735. The summed E-state index contributed by atoms with van der Waals surface area (Å²) in [7, 11) is 1.57. The monoisotopic (exact) mass is 390 g/mol. The van der Waals surface area contributed by atoms with Gasteiger partial charge in [0, 0.05) is 28.5 Å². The van der Waals surface area contributed by atoms with Crippen LogP contribution in [0.3, 0.4) is 0 Å². The van der Waals surface area contributed by atoms with E-state index in [9.17, 15) is 4.79 Å². The summed E-state index contributed by atoms with van der Waals surface area (Å²) in [6.45, 7) is 9.31. The highest BCUT2D eigenvalue weighted by molar-refractivity contribution is 6.03. The summed E-state index contributed by atoms with van der Waals surface area (Å²) in [6.07, 6.45) is 9.43. The van der Waals surface area contributed by atoms with Crippen LogP contribution in [0.2, 0.25) is 0 Å². The fraction of sp³-hybridized carbons (Fsp3) is 0.417. The summed E-state index contributed by atoms with van der Waals surface area (Å²) >= 11 is 0. The summed E-state index contributed by atoms with van der Waals surface area (Å²) in [5, 5.41) is 7.21. The maximum absolute atomic E-state index is 12.2. The Morgan fingerprint density at radius 2 is 2.00 bits per heavy atom. The summed E-state index contributed by atoms with van der Waals surface area (Å²) < 4.78 is 6.97. The van der Waals surface area contributed by atoms with Crippen molar-refractivity contribution in [3.05, 3.63) is 64.3 Å². The molecule has 2 aliphatic heterocycles. The van der Waals surface area contributed by atoms with Crippen molar-refractivity contribution in [1.29, 1.82) is 0 Å². The van der Waals surface area contributed by atoms with E-state index in [1.165, 1.54) is 5.57 Å². The number of hydrogen-bond donors (Lipinski definition) is 1. The zero-order valence-electron chi connectivity index (χ0n) is 17.6. The molecule has 0 aromatic heterocycles. The lowest BCUT2D eigenvalue weighted by Gasteiger charge is -2.58. The normalized spacial score (nSPS) is 32.2. The van der Waals surface area contributed by atoms with Crippen molar-refractivity contribution >= 4 is 11.6 Å². The number of nitrogens with one attached hydrogen (secondary N) is 1. The molecule has 1 amide bonds. The van der Waals surface area contributed by atoms with Crippen LogP contribution in [0.1, 0.15) is 49.2 Å². The van der Waals surface area contributed by atoms with Crippen LogP contribution in [0, 0.1) is 10.8 Å². The van der Waals surface area contributed by atoms with E-state index < -0.39 is 5.60 Å². The molecule has 1 aromatic carbocycles. The Balaban J connectivity index is 1.77. The number of benzene rings is 1. The molecule has 2 unspecified atom stereocenters. The third-order valence-corrected chi connectivity index (χ3v) is 7.39. The third kappa shape index (κ3) is 2.10. The zero-order valence-corrected chi connectivity index (χ0v) is 17.6. The van der Waals surface area contributed by atoms with Crippen LogP contribution < -0.4 is 10.1 Å². The van der Waals surface area contributed by atoms with Crippen LogP contribution in [0.25, 0.3) is 0 Å². The maximum Gasteiger partial charge on any atom is 0.252 e. The lowest BCUT2D eigenvalue weighted by atomic mass is 9.52. The molecule has 5 heteroatoms. The van der Waals surface area contributed by atoms with Gasteiger partial charge in [-0.2, -0.15) is 0 Å². The van der Waals surface area contributed by atoms with Gasteiger partial charge in [-0.25, -0.2) is 0 Å². The van der Waals surface area contributed by atoms with Crippen molar-refractivity contribution in [3.63, 3.8) is 0 Å². The number of rotatable bonds is 1. The van der Waals surface area contributed by atoms with Crippen LogP contribution >= 0.6 is 0 Å². The Labute approximate surface area is 171 Å². The molecule has 0 saturated carbocycles. The third-order valence-electron chi connectivity index (χ3n) is 7.39. The number of amides is 1. The average Bonchev–Trinajstić information content (AvgIpc) is 3.05. The Morgan fingerprint density at radius 1 is 1.21 bits per heavy atom. The molecule has 2 aliphatic carbocycles. The van der Waals surface area contributed by atoms with Gasteiger partial charge in [-0.1, -0.05) is 49.7 Å². The van der Waals surface area contributed by atoms with Gasteiger partial charge in [0.05, 0.1) is 5.71 Å². The summed E-state index contributed by atoms with van der Waals surface area (Å²) in [5.74, 6) is 0.827. The van der Waals surface area contributed by atoms with E-state index in [2.05, 4.69) is 62.5 Å². The molecule has 1 spiro atoms. The van der Waals surface area contributed by atoms with Gasteiger partial charge in [-0.05, 0) is 42.7 Å². The molecule has 150 valence electrons. The van der Waals surface area contributed by atoms with E-state index in [1.54, 1.807) is 7.11 Å². The largest absolute Gasteiger partial charge is 0.477 e. The van der Waals surface area contributed by atoms with Crippen molar-refractivity contribution in [2.45, 2.75) is 46.3 Å². The molecule has 0 saturated heterocycles. The molecule has 5 nitrogen and oxygen atoms in total. The van der Waals surface area contributed by atoms with Crippen molar-refractivity contribution in [1.82, 2.24) is 5.32 Å². The minimum absolute atomic E-state index is 0.0262. The van der Waals surface area contributed by atoms with Crippen molar-refractivity contribution in [2.24, 2.45) is 16.0 Å². The van der Waals surface area contributed by atoms with Crippen LogP contribution in [0.15, 0.2) is 52.7 Å². The molecular formula is C24H26N2O3. The maximum atomic E-state index is 12.2. The number of ether oxygens (including phenoxy) is 1. The molecule has 1 N–H and O–H groups in total. The predicted octanol–water partition coefficient (Wildman–Crippen LogP) is 4.09. The van der Waals surface area contributed by atoms with Gasteiger partial charge in [0.2, 0.25) is 0 Å². The number of oxime groups is 1. The van der Waals surface area contributed by atoms with E-state index in [1.807, 2.05) is 12.1 Å². The Hall–Kier alpha value is -2.82. The molecule has 4 aliphatic rings. The number of carbonyl (C=O) groups is 1. The Morgan fingerprint density at radius 3 is 2.76 bits per heavy atom. The SMILES string of the molecule is CON=C1C=CC23Oc4c(ccc5c4CNC5=O)CC2(C)C(C)=CC=C3C1(C)C. The smallest absolute Gasteiger partial charge is 0.252 e. The molecular weight excluding hydrogens is 364 g/mol. The molecule has 2 heterocycles. The van der Waals surface area contributed by atoms with Gasteiger partial charge in [0.15, 0.2) is 5.60 Å². The zero-order chi connectivity index (χ0) is 20.6. The van der Waals surface area contributed by atoms with Crippen LogP contribution in [0.5, 0.6) is 5.75 Å². The van der Waals surface area contributed by atoms with Gasteiger partial charge >= 0.3 is 0 Å². The van der Waals surface area contributed by atoms with E-state index >= 15 is 0 Å². The van der Waals surface area contributed by atoms with Crippen molar-refractivity contribution in [2.75, 3.05) is 7.11 Å². The van der Waals surface area contributed by atoms with E-state index in [-0.39, 0.29) is 16.7 Å². The summed E-state index contributed by atoms with van der Waals surface area (Å²) in [4.78, 5) is 17.3. The molecule has 0 radical (unpaired) electrons. The number of hydrogen-bond acceptors (Lipinski definition) is 4.